The van der Waals surface area contributed by atoms with E-state index in [0.29, 0.717) is 38.1 Å². The Morgan fingerprint density at radius 1 is 1.29 bits per heavy atom. The molecule has 2 fully saturated rings. The van der Waals surface area contributed by atoms with Crippen molar-refractivity contribution in [2.24, 2.45) is 4.99 Å². The van der Waals surface area contributed by atoms with Gasteiger partial charge in [0.05, 0.1) is 13.2 Å². The summed E-state index contributed by atoms with van der Waals surface area (Å²) in [5, 5.41) is 6.59. The van der Waals surface area contributed by atoms with Gasteiger partial charge >= 0.3 is 0 Å². The molecule has 31 heavy (non-hydrogen) atoms. The Balaban J connectivity index is 0.00000341. The van der Waals surface area contributed by atoms with E-state index >= 15 is 0 Å². The van der Waals surface area contributed by atoms with Crippen LogP contribution in [0.5, 0.6) is 5.75 Å². The van der Waals surface area contributed by atoms with Crippen molar-refractivity contribution >= 4 is 35.8 Å². The highest BCUT2D eigenvalue weighted by Gasteiger charge is 2.22. The van der Waals surface area contributed by atoms with Gasteiger partial charge in [0, 0.05) is 51.1 Å². The van der Waals surface area contributed by atoms with Gasteiger partial charge in [0.1, 0.15) is 11.9 Å². The van der Waals surface area contributed by atoms with E-state index in [-0.39, 0.29) is 36.0 Å². The summed E-state index contributed by atoms with van der Waals surface area (Å²) >= 11 is 0. The molecule has 1 aromatic carbocycles. The quantitative estimate of drug-likeness (QED) is 0.313. The molecule has 0 saturated carbocycles. The molecule has 2 saturated heterocycles. The molecule has 174 valence electrons. The Kier molecular flexibility index (Phi) is 10.9. The molecule has 1 amide bonds. The lowest BCUT2D eigenvalue weighted by atomic mass is 10.0. The highest BCUT2D eigenvalue weighted by Crippen LogP contribution is 2.24. The van der Waals surface area contributed by atoms with Gasteiger partial charge in [0.2, 0.25) is 5.91 Å². The molecule has 2 unspecified atom stereocenters. The number of aliphatic imine (C=N–C) groups is 1. The van der Waals surface area contributed by atoms with E-state index in [9.17, 15) is 4.79 Å². The van der Waals surface area contributed by atoms with Gasteiger partial charge < -0.3 is 25.0 Å². The van der Waals surface area contributed by atoms with Crippen molar-refractivity contribution in [1.82, 2.24) is 15.5 Å². The minimum atomic E-state index is 0. The Morgan fingerprint density at radius 2 is 2.13 bits per heavy atom. The Morgan fingerprint density at radius 3 is 2.84 bits per heavy atom. The number of aryl methyl sites for hydroxylation is 1. The number of halogens is 1. The molecular formula is C23H37IN4O3. The van der Waals surface area contributed by atoms with Crippen LogP contribution in [0.15, 0.2) is 23.2 Å². The lowest BCUT2D eigenvalue weighted by Crippen LogP contribution is -2.44. The zero-order valence-electron chi connectivity index (χ0n) is 19.0. The molecule has 0 spiro atoms. The summed E-state index contributed by atoms with van der Waals surface area (Å²) in [4.78, 5) is 18.8. The van der Waals surface area contributed by atoms with Crippen LogP contribution in [0, 0.1) is 6.92 Å². The first-order valence-electron chi connectivity index (χ1n) is 11.1. The molecule has 0 bridgehead atoms. The molecule has 2 atom stereocenters. The molecule has 8 heteroatoms. The van der Waals surface area contributed by atoms with Gasteiger partial charge in [0.15, 0.2) is 5.96 Å². The third-order valence-electron chi connectivity index (χ3n) is 5.83. The van der Waals surface area contributed by atoms with Gasteiger partial charge in [-0.15, -0.1) is 24.0 Å². The first kappa shape index (κ1) is 25.7. The normalized spacial score (nSPS) is 21.4. The number of piperidine rings is 1. The molecule has 1 aromatic rings. The second-order valence-electron chi connectivity index (χ2n) is 8.25. The monoisotopic (exact) mass is 544 g/mol. The first-order chi connectivity index (χ1) is 14.6. The van der Waals surface area contributed by atoms with Gasteiger partial charge in [-0.2, -0.15) is 0 Å². The number of hydrogen-bond acceptors (Lipinski definition) is 4. The number of hydrogen-bond donors (Lipinski definition) is 2. The number of nitrogens with one attached hydrogen (secondary N) is 2. The summed E-state index contributed by atoms with van der Waals surface area (Å²) < 4.78 is 11.6. The second-order valence-corrected chi connectivity index (χ2v) is 8.25. The maximum absolute atomic E-state index is 12.5. The van der Waals surface area contributed by atoms with E-state index in [2.05, 4.69) is 47.7 Å². The maximum atomic E-state index is 12.5. The van der Waals surface area contributed by atoms with Crippen LogP contribution in [0.2, 0.25) is 0 Å². The minimum Gasteiger partial charge on any atom is -0.488 e. The minimum absolute atomic E-state index is 0. The van der Waals surface area contributed by atoms with E-state index in [1.807, 2.05) is 4.90 Å². The van der Waals surface area contributed by atoms with E-state index in [4.69, 9.17) is 9.47 Å². The number of ether oxygens (including phenoxy) is 2. The number of amides is 1. The molecule has 2 aliphatic rings. The van der Waals surface area contributed by atoms with Crippen molar-refractivity contribution in [2.45, 2.75) is 64.6 Å². The number of benzene rings is 1. The van der Waals surface area contributed by atoms with Crippen LogP contribution in [-0.4, -0.2) is 62.3 Å². The van der Waals surface area contributed by atoms with E-state index in [1.54, 1.807) is 7.05 Å². The third-order valence-corrected chi connectivity index (χ3v) is 5.83. The van der Waals surface area contributed by atoms with Crippen molar-refractivity contribution < 1.29 is 14.3 Å². The SMILES string of the molecule is CN=C(NCCC(=O)N1CCCCC1C)NCc1ccc(C)cc1OC1CCOC1.I. The lowest BCUT2D eigenvalue weighted by Gasteiger charge is -2.33. The average Bonchev–Trinajstić information content (AvgIpc) is 3.25. The van der Waals surface area contributed by atoms with Crippen LogP contribution in [0.4, 0.5) is 0 Å². The van der Waals surface area contributed by atoms with Crippen molar-refractivity contribution in [2.75, 3.05) is 33.4 Å². The predicted molar refractivity (Wildman–Crippen MR) is 134 cm³/mol. The Hall–Kier alpha value is -1.55. The van der Waals surface area contributed by atoms with E-state index in [0.717, 1.165) is 43.7 Å². The van der Waals surface area contributed by atoms with Crippen LogP contribution < -0.4 is 15.4 Å². The Labute approximate surface area is 203 Å². The fourth-order valence-corrected chi connectivity index (χ4v) is 4.00. The van der Waals surface area contributed by atoms with Crippen LogP contribution >= 0.6 is 24.0 Å². The zero-order chi connectivity index (χ0) is 21.3. The molecule has 0 aromatic heterocycles. The average molecular weight is 544 g/mol. The fourth-order valence-electron chi connectivity index (χ4n) is 4.00. The molecule has 0 aliphatic carbocycles. The topological polar surface area (TPSA) is 75.2 Å². The second kappa shape index (κ2) is 13.1. The van der Waals surface area contributed by atoms with Crippen LogP contribution in [0.25, 0.3) is 0 Å². The van der Waals surface area contributed by atoms with Gasteiger partial charge in [0.25, 0.3) is 0 Å². The number of rotatable bonds is 7. The molecule has 7 nitrogen and oxygen atoms in total. The van der Waals surface area contributed by atoms with Gasteiger partial charge in [-0.05, 0) is 44.7 Å². The largest absolute Gasteiger partial charge is 0.488 e. The van der Waals surface area contributed by atoms with Gasteiger partial charge in [-0.3, -0.25) is 9.79 Å². The molecule has 2 N–H and O–H groups in total. The molecular weight excluding hydrogens is 507 g/mol. The number of carbonyl (C=O) groups is 1. The number of nitrogens with zero attached hydrogens (tertiary/aromatic N) is 2. The summed E-state index contributed by atoms with van der Waals surface area (Å²) in [6, 6.07) is 6.60. The number of carbonyl (C=O) groups excluding carboxylic acids is 1. The Bertz CT molecular complexity index is 738. The summed E-state index contributed by atoms with van der Waals surface area (Å²) in [5.41, 5.74) is 2.24. The van der Waals surface area contributed by atoms with Crippen LogP contribution in [0.1, 0.15) is 50.2 Å². The fraction of sp³-hybridized carbons (Fsp3) is 0.652. The molecule has 2 heterocycles. The van der Waals surface area contributed by atoms with Gasteiger partial charge in [-0.1, -0.05) is 12.1 Å². The van der Waals surface area contributed by atoms with Crippen molar-refractivity contribution in [3.63, 3.8) is 0 Å². The smallest absolute Gasteiger partial charge is 0.224 e. The standard InChI is InChI=1S/C23H36N4O3.HI/c1-17-7-8-19(21(14-17)30-20-10-13-29-16-20)15-26-23(24-3)25-11-9-22(28)27-12-5-4-6-18(27)2;/h7-8,14,18,20H,4-6,9-13,15-16H2,1-3H3,(H2,24,25,26);1H. The summed E-state index contributed by atoms with van der Waals surface area (Å²) in [5.74, 6) is 1.80. The van der Waals surface area contributed by atoms with Crippen molar-refractivity contribution in [3.8, 4) is 5.75 Å². The predicted octanol–water partition coefficient (Wildman–Crippen LogP) is 3.24. The van der Waals surface area contributed by atoms with Crippen molar-refractivity contribution in [3.05, 3.63) is 29.3 Å². The highest BCUT2D eigenvalue weighted by atomic mass is 127. The van der Waals surface area contributed by atoms with Crippen LogP contribution in [0.3, 0.4) is 0 Å². The van der Waals surface area contributed by atoms with E-state index in [1.165, 1.54) is 12.0 Å². The third kappa shape index (κ3) is 7.82. The number of guanidine groups is 1. The summed E-state index contributed by atoms with van der Waals surface area (Å²) in [7, 11) is 1.74. The van der Waals surface area contributed by atoms with Crippen LogP contribution in [-0.2, 0) is 16.1 Å². The highest BCUT2D eigenvalue weighted by molar-refractivity contribution is 14.0. The maximum Gasteiger partial charge on any atom is 0.224 e. The van der Waals surface area contributed by atoms with Gasteiger partial charge in [-0.25, -0.2) is 0 Å². The molecule has 2 aliphatic heterocycles. The summed E-state index contributed by atoms with van der Waals surface area (Å²) in [6.07, 6.45) is 4.96. The first-order valence-corrected chi connectivity index (χ1v) is 11.1. The number of likely N-dealkylation sites (tertiary alicyclic amines) is 1. The molecule has 0 radical (unpaired) electrons. The molecule has 3 rings (SSSR count). The lowest BCUT2D eigenvalue weighted by molar-refractivity contribution is -0.134. The summed E-state index contributed by atoms with van der Waals surface area (Å²) in [6.45, 7) is 7.66. The van der Waals surface area contributed by atoms with Crippen molar-refractivity contribution in [1.29, 1.82) is 0 Å². The zero-order valence-corrected chi connectivity index (χ0v) is 21.3. The van der Waals surface area contributed by atoms with E-state index < -0.39 is 0 Å².